The van der Waals surface area contributed by atoms with Gasteiger partial charge in [0.15, 0.2) is 11.5 Å². The Bertz CT molecular complexity index is 1020. The average Bonchev–Trinajstić information content (AvgIpc) is 3.24. The number of ether oxygens (including phenoxy) is 2. The first-order chi connectivity index (χ1) is 15.0. The molecule has 5 rings (SSSR count). The van der Waals surface area contributed by atoms with Gasteiger partial charge in [0.2, 0.25) is 5.72 Å². The van der Waals surface area contributed by atoms with Crippen LogP contribution in [0, 0.1) is 0 Å². The molecule has 0 amide bonds. The first-order valence-corrected chi connectivity index (χ1v) is 11.7. The molecule has 0 aliphatic carbocycles. The van der Waals surface area contributed by atoms with Crippen LogP contribution in [-0.2, 0) is 0 Å². The van der Waals surface area contributed by atoms with Gasteiger partial charge in [0.25, 0.3) is 0 Å². The van der Waals surface area contributed by atoms with Gasteiger partial charge in [-0.1, -0.05) is 48.3 Å². The molecular weight excluding hydrogens is 433 g/mol. The number of benzene rings is 2. The van der Waals surface area contributed by atoms with Crippen LogP contribution < -0.4 is 9.47 Å². The highest BCUT2D eigenvalue weighted by molar-refractivity contribution is 6.42. The van der Waals surface area contributed by atoms with Gasteiger partial charge in [0, 0.05) is 37.9 Å². The van der Waals surface area contributed by atoms with E-state index in [0.717, 1.165) is 73.7 Å². The quantitative estimate of drug-likeness (QED) is 0.583. The number of likely N-dealkylation sites (tertiary alicyclic amines) is 1. The minimum absolute atomic E-state index is 0.112. The maximum absolute atomic E-state index is 6.77. The van der Waals surface area contributed by atoms with Crippen LogP contribution in [0.15, 0.2) is 41.5 Å². The third-order valence-electron chi connectivity index (χ3n) is 6.64. The second-order valence-corrected chi connectivity index (χ2v) is 9.32. The van der Waals surface area contributed by atoms with E-state index >= 15 is 0 Å². The molecule has 1 saturated heterocycles. The van der Waals surface area contributed by atoms with E-state index in [9.17, 15) is 0 Å². The predicted octanol–water partition coefficient (Wildman–Crippen LogP) is 5.75. The summed E-state index contributed by atoms with van der Waals surface area (Å²) < 4.78 is 12.4. The monoisotopic (exact) mass is 459 g/mol. The van der Waals surface area contributed by atoms with Gasteiger partial charge in [0.05, 0.1) is 28.9 Å². The molecule has 5 nitrogen and oxygen atoms in total. The lowest BCUT2D eigenvalue weighted by molar-refractivity contribution is -0.150. The molecule has 0 N–H and O–H groups in total. The molecule has 0 saturated carbocycles. The van der Waals surface area contributed by atoms with E-state index < -0.39 is 5.72 Å². The van der Waals surface area contributed by atoms with Gasteiger partial charge >= 0.3 is 0 Å². The maximum Gasteiger partial charge on any atom is 0.200 e. The molecule has 1 atom stereocenters. The van der Waals surface area contributed by atoms with Crippen molar-refractivity contribution in [3.05, 3.63) is 57.6 Å². The summed E-state index contributed by atoms with van der Waals surface area (Å²) in [6.07, 6.45) is 3.76. The highest BCUT2D eigenvalue weighted by Crippen LogP contribution is 2.52. The van der Waals surface area contributed by atoms with Crippen LogP contribution in [0.3, 0.4) is 0 Å². The SMILES string of the molecule is CCCN1CCC2(CC1)Oc1c(OC)cccc1[C@@H]1CC(c3ccc(Cl)c(Cl)c3)=NN12. The van der Waals surface area contributed by atoms with E-state index in [1.807, 2.05) is 30.3 Å². The van der Waals surface area contributed by atoms with Crippen LogP contribution >= 0.6 is 23.2 Å². The standard InChI is InChI=1S/C24H27Cl2N3O2/c1-3-11-28-12-9-24(10-13-28)29-21(17-5-4-6-22(30-2)23(17)31-24)15-20(27-29)16-7-8-18(25)19(26)14-16/h4-8,14,21H,3,9-13,15H2,1-2H3/t21-/m0/s1. The highest BCUT2D eigenvalue weighted by atomic mass is 35.5. The molecule has 2 aromatic rings. The lowest BCUT2D eigenvalue weighted by Crippen LogP contribution is -2.59. The number of hydrogen-bond donors (Lipinski definition) is 0. The van der Waals surface area contributed by atoms with Crippen LogP contribution in [0.1, 0.15) is 49.8 Å². The molecule has 0 radical (unpaired) electrons. The molecular formula is C24H27Cl2N3O2. The molecule has 1 spiro atoms. The van der Waals surface area contributed by atoms with Gasteiger partial charge in [-0.05, 0) is 36.7 Å². The third kappa shape index (κ3) is 3.57. The van der Waals surface area contributed by atoms with Crippen molar-refractivity contribution < 1.29 is 9.47 Å². The molecule has 1 fully saturated rings. The van der Waals surface area contributed by atoms with Crippen molar-refractivity contribution in [2.75, 3.05) is 26.7 Å². The van der Waals surface area contributed by atoms with Crippen molar-refractivity contribution in [2.45, 2.75) is 44.4 Å². The van der Waals surface area contributed by atoms with Crippen molar-refractivity contribution in [3.8, 4) is 11.5 Å². The second-order valence-electron chi connectivity index (χ2n) is 8.51. The molecule has 0 unspecified atom stereocenters. The summed E-state index contributed by atoms with van der Waals surface area (Å²) in [5.41, 5.74) is 2.68. The molecule has 2 aromatic carbocycles. The lowest BCUT2D eigenvalue weighted by Gasteiger charge is -2.51. The molecule has 3 aliphatic rings. The molecule has 0 aromatic heterocycles. The van der Waals surface area contributed by atoms with Crippen LogP contribution in [-0.4, -0.2) is 48.1 Å². The second kappa shape index (κ2) is 8.19. The van der Waals surface area contributed by atoms with Crippen molar-refractivity contribution >= 4 is 28.9 Å². The smallest absolute Gasteiger partial charge is 0.200 e. The van der Waals surface area contributed by atoms with Gasteiger partial charge in [0.1, 0.15) is 0 Å². The normalized spacial score (nSPS) is 22.0. The molecule has 7 heteroatoms. The Morgan fingerprint density at radius 3 is 2.68 bits per heavy atom. The Balaban J connectivity index is 1.55. The van der Waals surface area contributed by atoms with Gasteiger partial charge in [-0.3, -0.25) is 0 Å². The summed E-state index contributed by atoms with van der Waals surface area (Å²) in [5.74, 6) is 1.65. The molecule has 3 aliphatic heterocycles. The number of fused-ring (bicyclic) bond motifs is 4. The van der Waals surface area contributed by atoms with E-state index in [-0.39, 0.29) is 6.04 Å². The maximum atomic E-state index is 6.77. The Kier molecular flexibility index (Phi) is 5.53. The summed E-state index contributed by atoms with van der Waals surface area (Å²) in [6, 6.07) is 12.0. The van der Waals surface area contributed by atoms with Crippen molar-refractivity contribution in [1.29, 1.82) is 0 Å². The summed E-state index contributed by atoms with van der Waals surface area (Å²) >= 11 is 12.5. The number of para-hydroxylation sites is 1. The van der Waals surface area contributed by atoms with E-state index in [0.29, 0.717) is 10.0 Å². The fourth-order valence-corrected chi connectivity index (χ4v) is 5.35. The topological polar surface area (TPSA) is 37.3 Å². The van der Waals surface area contributed by atoms with E-state index in [1.54, 1.807) is 7.11 Å². The average molecular weight is 460 g/mol. The predicted molar refractivity (Wildman–Crippen MR) is 125 cm³/mol. The van der Waals surface area contributed by atoms with Gasteiger partial charge in [-0.15, -0.1) is 0 Å². The van der Waals surface area contributed by atoms with Crippen molar-refractivity contribution in [2.24, 2.45) is 5.10 Å². The molecule has 3 heterocycles. The summed E-state index contributed by atoms with van der Waals surface area (Å²) in [5, 5.41) is 8.44. The van der Waals surface area contributed by atoms with Crippen LogP contribution in [0.2, 0.25) is 10.0 Å². The molecule has 164 valence electrons. The Hall–Kier alpha value is -1.95. The Morgan fingerprint density at radius 1 is 1.16 bits per heavy atom. The third-order valence-corrected chi connectivity index (χ3v) is 7.38. The van der Waals surface area contributed by atoms with E-state index in [1.165, 1.54) is 0 Å². The zero-order valence-corrected chi connectivity index (χ0v) is 19.4. The largest absolute Gasteiger partial charge is 0.493 e. The minimum Gasteiger partial charge on any atom is -0.493 e. The number of hydrogen-bond acceptors (Lipinski definition) is 5. The number of halogens is 2. The van der Waals surface area contributed by atoms with Crippen LogP contribution in [0.5, 0.6) is 11.5 Å². The Labute approximate surface area is 193 Å². The number of rotatable bonds is 4. The molecule has 31 heavy (non-hydrogen) atoms. The number of nitrogens with zero attached hydrogens (tertiary/aromatic N) is 3. The molecule has 0 bridgehead atoms. The Morgan fingerprint density at radius 2 is 1.97 bits per heavy atom. The van der Waals surface area contributed by atoms with E-state index in [4.69, 9.17) is 37.8 Å². The van der Waals surface area contributed by atoms with Gasteiger partial charge < -0.3 is 14.4 Å². The minimum atomic E-state index is -0.464. The zero-order chi connectivity index (χ0) is 21.6. The van der Waals surface area contributed by atoms with Crippen molar-refractivity contribution in [1.82, 2.24) is 9.91 Å². The fraction of sp³-hybridized carbons (Fsp3) is 0.458. The van der Waals surface area contributed by atoms with Gasteiger partial charge in [-0.2, -0.15) is 5.10 Å². The number of hydrazone groups is 1. The number of methoxy groups -OCH3 is 1. The van der Waals surface area contributed by atoms with Crippen LogP contribution in [0.4, 0.5) is 0 Å². The van der Waals surface area contributed by atoms with Crippen LogP contribution in [0.25, 0.3) is 0 Å². The van der Waals surface area contributed by atoms with Gasteiger partial charge in [-0.25, -0.2) is 5.01 Å². The summed E-state index contributed by atoms with van der Waals surface area (Å²) in [4.78, 5) is 2.51. The fourth-order valence-electron chi connectivity index (χ4n) is 5.05. The van der Waals surface area contributed by atoms with E-state index in [2.05, 4.69) is 22.9 Å². The zero-order valence-electron chi connectivity index (χ0n) is 17.9. The number of piperidine rings is 1. The summed E-state index contributed by atoms with van der Waals surface area (Å²) in [6.45, 7) is 5.35. The lowest BCUT2D eigenvalue weighted by atomic mass is 9.90. The highest BCUT2D eigenvalue weighted by Gasteiger charge is 2.52. The van der Waals surface area contributed by atoms with Crippen molar-refractivity contribution in [3.63, 3.8) is 0 Å². The summed E-state index contributed by atoms with van der Waals surface area (Å²) in [7, 11) is 1.70. The first-order valence-electron chi connectivity index (χ1n) is 10.9. The first kappa shape index (κ1) is 20.9.